The van der Waals surface area contributed by atoms with Crippen LogP contribution in [0.5, 0.6) is 0 Å². The molecule has 0 aromatic carbocycles. The van der Waals surface area contributed by atoms with Gasteiger partial charge in [-0.25, -0.2) is 9.78 Å². The first-order valence-corrected chi connectivity index (χ1v) is 6.16. The molecule has 0 spiro atoms. The lowest BCUT2D eigenvalue weighted by atomic mass is 10.00. The van der Waals surface area contributed by atoms with Crippen LogP contribution in [0.1, 0.15) is 23.3 Å². The highest BCUT2D eigenvalue weighted by molar-refractivity contribution is 5.85. The van der Waals surface area contributed by atoms with E-state index in [1.807, 2.05) is 18.0 Å². The molecule has 0 aliphatic carbocycles. The van der Waals surface area contributed by atoms with E-state index in [2.05, 4.69) is 4.98 Å². The van der Waals surface area contributed by atoms with E-state index in [0.717, 1.165) is 32.6 Å². The number of hydrogen-bond donors (Lipinski definition) is 1. The minimum Gasteiger partial charge on any atom is -0.477 e. The SMILES string of the molecule is CN(CC1CCOCC1)c1cccc(C(=O)O)n1. The van der Waals surface area contributed by atoms with Gasteiger partial charge in [0.2, 0.25) is 0 Å². The second-order valence-corrected chi connectivity index (χ2v) is 4.62. The lowest BCUT2D eigenvalue weighted by molar-refractivity contribution is 0.0685. The van der Waals surface area contributed by atoms with Crippen LogP contribution in [-0.2, 0) is 4.74 Å². The van der Waals surface area contributed by atoms with Gasteiger partial charge in [-0.1, -0.05) is 6.07 Å². The Hall–Kier alpha value is -1.62. The van der Waals surface area contributed by atoms with Crippen LogP contribution in [0.2, 0.25) is 0 Å². The van der Waals surface area contributed by atoms with Crippen LogP contribution in [0.4, 0.5) is 5.82 Å². The highest BCUT2D eigenvalue weighted by Gasteiger charge is 2.17. The zero-order chi connectivity index (χ0) is 13.0. The summed E-state index contributed by atoms with van der Waals surface area (Å²) in [5.41, 5.74) is 0.0892. The van der Waals surface area contributed by atoms with Crippen LogP contribution in [0, 0.1) is 5.92 Å². The van der Waals surface area contributed by atoms with E-state index < -0.39 is 5.97 Å². The van der Waals surface area contributed by atoms with Gasteiger partial charge in [-0.15, -0.1) is 0 Å². The first-order chi connectivity index (χ1) is 8.66. The number of carboxylic acid groups (broad SMARTS) is 1. The Morgan fingerprint density at radius 2 is 2.22 bits per heavy atom. The number of aromatic nitrogens is 1. The average Bonchev–Trinajstić information content (AvgIpc) is 2.40. The molecule has 0 atom stereocenters. The molecule has 1 N–H and O–H groups in total. The van der Waals surface area contributed by atoms with Crippen LogP contribution in [0.25, 0.3) is 0 Å². The third-order valence-electron chi connectivity index (χ3n) is 3.22. The number of anilines is 1. The Morgan fingerprint density at radius 3 is 2.89 bits per heavy atom. The van der Waals surface area contributed by atoms with Crippen LogP contribution >= 0.6 is 0 Å². The number of carboxylic acids is 1. The second kappa shape index (κ2) is 5.82. The van der Waals surface area contributed by atoms with Crippen molar-refractivity contribution < 1.29 is 14.6 Å². The lowest BCUT2D eigenvalue weighted by Crippen LogP contribution is -2.30. The summed E-state index contributed by atoms with van der Waals surface area (Å²) in [6, 6.07) is 5.08. The van der Waals surface area contributed by atoms with Crippen molar-refractivity contribution in [2.75, 3.05) is 31.7 Å². The maximum atomic E-state index is 10.9. The molecule has 1 fully saturated rings. The molecule has 0 radical (unpaired) electrons. The van der Waals surface area contributed by atoms with Gasteiger partial charge >= 0.3 is 5.97 Å². The third kappa shape index (κ3) is 3.20. The fourth-order valence-electron chi connectivity index (χ4n) is 2.16. The molecule has 0 saturated carbocycles. The molecule has 2 rings (SSSR count). The van der Waals surface area contributed by atoms with Crippen LogP contribution < -0.4 is 4.90 Å². The van der Waals surface area contributed by atoms with Gasteiger partial charge in [-0.05, 0) is 30.9 Å². The minimum absolute atomic E-state index is 0.0892. The molecule has 1 aromatic heterocycles. The third-order valence-corrected chi connectivity index (χ3v) is 3.22. The highest BCUT2D eigenvalue weighted by Crippen LogP contribution is 2.18. The number of hydrogen-bond acceptors (Lipinski definition) is 4. The maximum Gasteiger partial charge on any atom is 0.354 e. The number of aromatic carboxylic acids is 1. The Bertz CT molecular complexity index is 416. The van der Waals surface area contributed by atoms with Crippen molar-refractivity contribution in [3.63, 3.8) is 0 Å². The Balaban J connectivity index is 2.01. The summed E-state index contributed by atoms with van der Waals surface area (Å²) in [6.07, 6.45) is 2.12. The molecule has 5 heteroatoms. The first kappa shape index (κ1) is 12.8. The first-order valence-electron chi connectivity index (χ1n) is 6.16. The predicted octanol–water partition coefficient (Wildman–Crippen LogP) is 1.64. The Kier molecular flexibility index (Phi) is 4.15. The number of pyridine rings is 1. The largest absolute Gasteiger partial charge is 0.477 e. The molecule has 1 aliphatic rings. The molecule has 5 nitrogen and oxygen atoms in total. The molecular formula is C13H18N2O3. The van der Waals surface area contributed by atoms with E-state index in [1.54, 1.807) is 6.07 Å². The normalized spacial score (nSPS) is 16.5. The number of ether oxygens (including phenoxy) is 1. The van der Waals surface area contributed by atoms with Crippen LogP contribution in [0.3, 0.4) is 0 Å². The summed E-state index contributed by atoms with van der Waals surface area (Å²) in [6.45, 7) is 2.53. The summed E-state index contributed by atoms with van der Waals surface area (Å²) >= 11 is 0. The highest BCUT2D eigenvalue weighted by atomic mass is 16.5. The van der Waals surface area contributed by atoms with E-state index in [1.165, 1.54) is 6.07 Å². The molecule has 1 aliphatic heterocycles. The van der Waals surface area contributed by atoms with Crippen LogP contribution in [-0.4, -0.2) is 42.9 Å². The monoisotopic (exact) mass is 250 g/mol. The Labute approximate surface area is 106 Å². The molecule has 0 bridgehead atoms. The molecule has 0 amide bonds. The average molecular weight is 250 g/mol. The van der Waals surface area contributed by atoms with Crippen molar-refractivity contribution >= 4 is 11.8 Å². The molecule has 98 valence electrons. The predicted molar refractivity (Wildman–Crippen MR) is 68.0 cm³/mol. The van der Waals surface area contributed by atoms with Gasteiger partial charge in [0.1, 0.15) is 5.82 Å². The molecule has 1 saturated heterocycles. The van der Waals surface area contributed by atoms with E-state index in [0.29, 0.717) is 11.7 Å². The summed E-state index contributed by atoms with van der Waals surface area (Å²) < 4.78 is 5.33. The topological polar surface area (TPSA) is 62.7 Å². The van der Waals surface area contributed by atoms with Gasteiger partial charge in [0.05, 0.1) is 0 Å². The van der Waals surface area contributed by atoms with E-state index in [-0.39, 0.29) is 5.69 Å². The van der Waals surface area contributed by atoms with Gasteiger partial charge in [-0.3, -0.25) is 0 Å². The smallest absolute Gasteiger partial charge is 0.354 e. The zero-order valence-corrected chi connectivity index (χ0v) is 10.5. The van der Waals surface area contributed by atoms with Gasteiger partial charge in [0, 0.05) is 26.8 Å². The minimum atomic E-state index is -0.990. The van der Waals surface area contributed by atoms with Crippen molar-refractivity contribution in [2.45, 2.75) is 12.8 Å². The molecule has 1 aromatic rings. The molecule has 2 heterocycles. The number of carbonyl (C=O) groups is 1. The summed E-state index contributed by atoms with van der Waals surface area (Å²) in [4.78, 5) is 17.0. The number of rotatable bonds is 4. The van der Waals surface area contributed by atoms with Gasteiger partial charge in [-0.2, -0.15) is 0 Å². The molecule has 0 unspecified atom stereocenters. The van der Waals surface area contributed by atoms with Crippen molar-refractivity contribution in [3.8, 4) is 0 Å². The summed E-state index contributed by atoms with van der Waals surface area (Å²) in [5.74, 6) is 0.316. The maximum absolute atomic E-state index is 10.9. The quantitative estimate of drug-likeness (QED) is 0.880. The van der Waals surface area contributed by atoms with E-state index in [4.69, 9.17) is 9.84 Å². The van der Waals surface area contributed by atoms with E-state index in [9.17, 15) is 4.79 Å². The molecular weight excluding hydrogens is 232 g/mol. The van der Waals surface area contributed by atoms with Crippen molar-refractivity contribution in [1.29, 1.82) is 0 Å². The molecule has 18 heavy (non-hydrogen) atoms. The fraction of sp³-hybridized carbons (Fsp3) is 0.538. The van der Waals surface area contributed by atoms with Crippen molar-refractivity contribution in [3.05, 3.63) is 23.9 Å². The lowest BCUT2D eigenvalue weighted by Gasteiger charge is -2.27. The van der Waals surface area contributed by atoms with Gasteiger partial charge < -0.3 is 14.7 Å². The Morgan fingerprint density at radius 1 is 1.50 bits per heavy atom. The standard InChI is InChI=1S/C13H18N2O3/c1-15(9-10-5-7-18-8-6-10)12-4-2-3-11(14-12)13(16)17/h2-4,10H,5-9H2,1H3,(H,16,17). The summed E-state index contributed by atoms with van der Waals surface area (Å²) in [7, 11) is 1.95. The second-order valence-electron chi connectivity index (χ2n) is 4.62. The van der Waals surface area contributed by atoms with Crippen molar-refractivity contribution in [1.82, 2.24) is 4.98 Å². The number of nitrogens with zero attached hydrogens (tertiary/aromatic N) is 2. The van der Waals surface area contributed by atoms with E-state index >= 15 is 0 Å². The summed E-state index contributed by atoms with van der Waals surface area (Å²) in [5, 5.41) is 8.91. The van der Waals surface area contributed by atoms with Gasteiger partial charge in [0.25, 0.3) is 0 Å². The van der Waals surface area contributed by atoms with Gasteiger partial charge in [0.15, 0.2) is 5.69 Å². The van der Waals surface area contributed by atoms with Crippen LogP contribution in [0.15, 0.2) is 18.2 Å². The zero-order valence-electron chi connectivity index (χ0n) is 10.5. The fourth-order valence-corrected chi connectivity index (χ4v) is 2.16. The van der Waals surface area contributed by atoms with Crippen molar-refractivity contribution in [2.24, 2.45) is 5.92 Å².